The minimum Gasteiger partial charge on any atom is -0.507 e. The van der Waals surface area contributed by atoms with Gasteiger partial charge in [-0.25, -0.2) is 4.98 Å². The molecule has 1 aliphatic heterocycles. The molecule has 0 spiro atoms. The number of thiazole rings is 1. The van der Waals surface area contributed by atoms with Crippen LogP contribution in [0.1, 0.15) is 29.7 Å². The number of ether oxygens (including phenoxy) is 1. The Morgan fingerprint density at radius 2 is 1.80 bits per heavy atom. The number of fused-ring (bicyclic) bond motifs is 1. The molecule has 1 unspecified atom stereocenters. The molecule has 3 aromatic carbocycles. The maximum Gasteiger partial charge on any atom is 0.301 e. The minimum absolute atomic E-state index is 0.0124. The quantitative estimate of drug-likeness (QED) is 0.200. The van der Waals surface area contributed by atoms with Crippen LogP contribution in [0.4, 0.5) is 5.13 Å². The molecule has 1 fully saturated rings. The summed E-state index contributed by atoms with van der Waals surface area (Å²) in [5, 5.41) is 12.1. The highest BCUT2D eigenvalue weighted by atomic mass is 35.5. The second kappa shape index (κ2) is 9.17. The van der Waals surface area contributed by atoms with Crippen LogP contribution in [-0.2, 0) is 16.0 Å². The third-order valence-electron chi connectivity index (χ3n) is 6.06. The smallest absolute Gasteiger partial charge is 0.301 e. The number of carbonyl (C=O) groups excluding carboxylic acids is 2. The molecule has 0 aliphatic carbocycles. The van der Waals surface area contributed by atoms with Crippen molar-refractivity contribution in [3.05, 3.63) is 94.0 Å². The van der Waals surface area contributed by atoms with E-state index in [0.29, 0.717) is 32.5 Å². The standard InChI is InChI=1S/C27H21ClN2O4S/c1-3-15-4-6-16(7-5-15)23-22(24(31)17-8-10-18(28)11-9-17)25(32)26(33)30(23)27-29-20-13-12-19(34-2)14-21(20)35-27/h4-14,23,31H,3H2,1-2H3. The van der Waals surface area contributed by atoms with Gasteiger partial charge in [-0.1, -0.05) is 54.1 Å². The number of hydrogen-bond acceptors (Lipinski definition) is 6. The fourth-order valence-corrected chi connectivity index (χ4v) is 5.31. The van der Waals surface area contributed by atoms with E-state index in [1.165, 1.54) is 16.2 Å². The van der Waals surface area contributed by atoms with E-state index in [4.69, 9.17) is 16.3 Å². The maximum absolute atomic E-state index is 13.4. The van der Waals surface area contributed by atoms with Crippen molar-refractivity contribution in [3.8, 4) is 5.75 Å². The van der Waals surface area contributed by atoms with Crippen LogP contribution in [0.3, 0.4) is 0 Å². The zero-order valence-corrected chi connectivity index (χ0v) is 20.6. The van der Waals surface area contributed by atoms with E-state index in [1.807, 2.05) is 36.4 Å². The van der Waals surface area contributed by atoms with Crippen molar-refractivity contribution in [2.24, 2.45) is 0 Å². The van der Waals surface area contributed by atoms with Crippen LogP contribution in [0.15, 0.2) is 72.3 Å². The van der Waals surface area contributed by atoms with E-state index < -0.39 is 17.7 Å². The first-order valence-electron chi connectivity index (χ1n) is 11.0. The van der Waals surface area contributed by atoms with Gasteiger partial charge < -0.3 is 9.84 Å². The summed E-state index contributed by atoms with van der Waals surface area (Å²) in [4.78, 5) is 32.7. The predicted molar refractivity (Wildman–Crippen MR) is 138 cm³/mol. The Morgan fingerprint density at radius 3 is 2.46 bits per heavy atom. The molecule has 1 saturated heterocycles. The van der Waals surface area contributed by atoms with Crippen molar-refractivity contribution in [3.63, 3.8) is 0 Å². The van der Waals surface area contributed by atoms with Crippen molar-refractivity contribution in [1.82, 2.24) is 4.98 Å². The number of aromatic nitrogens is 1. The Morgan fingerprint density at radius 1 is 1.09 bits per heavy atom. The van der Waals surface area contributed by atoms with E-state index >= 15 is 0 Å². The number of aliphatic hydroxyl groups is 1. The fourth-order valence-electron chi connectivity index (χ4n) is 4.17. The van der Waals surface area contributed by atoms with Gasteiger partial charge in [0.25, 0.3) is 5.78 Å². The number of Topliss-reactive ketones (excluding diaryl/α,β-unsaturated/α-hetero) is 1. The van der Waals surface area contributed by atoms with Gasteiger partial charge in [0.2, 0.25) is 0 Å². The molecule has 8 heteroatoms. The van der Waals surface area contributed by atoms with Gasteiger partial charge in [0.05, 0.1) is 28.9 Å². The Hall–Kier alpha value is -3.68. The number of aliphatic hydroxyl groups excluding tert-OH is 1. The van der Waals surface area contributed by atoms with Gasteiger partial charge in [0.15, 0.2) is 5.13 Å². The van der Waals surface area contributed by atoms with Crippen LogP contribution in [0.25, 0.3) is 16.0 Å². The molecule has 1 aliphatic rings. The highest BCUT2D eigenvalue weighted by Crippen LogP contribution is 2.44. The summed E-state index contributed by atoms with van der Waals surface area (Å²) in [6.07, 6.45) is 0.852. The lowest BCUT2D eigenvalue weighted by Crippen LogP contribution is -2.29. The number of benzene rings is 3. The lowest BCUT2D eigenvalue weighted by molar-refractivity contribution is -0.132. The Labute approximate surface area is 211 Å². The van der Waals surface area contributed by atoms with Gasteiger partial charge in [-0.15, -0.1) is 0 Å². The van der Waals surface area contributed by atoms with Crippen LogP contribution < -0.4 is 9.64 Å². The number of halogens is 1. The summed E-state index contributed by atoms with van der Waals surface area (Å²) in [5.41, 5.74) is 2.92. The molecule has 4 aromatic rings. The van der Waals surface area contributed by atoms with E-state index in [9.17, 15) is 14.7 Å². The van der Waals surface area contributed by atoms with Crippen molar-refractivity contribution >= 4 is 55.7 Å². The highest BCUT2D eigenvalue weighted by Gasteiger charge is 2.48. The average Bonchev–Trinajstić information content (AvgIpc) is 3.41. The van der Waals surface area contributed by atoms with Gasteiger partial charge in [-0.05, 0) is 60.0 Å². The summed E-state index contributed by atoms with van der Waals surface area (Å²) in [7, 11) is 1.58. The van der Waals surface area contributed by atoms with E-state index in [2.05, 4.69) is 11.9 Å². The minimum atomic E-state index is -0.834. The molecule has 5 rings (SSSR count). The molecule has 1 amide bonds. The summed E-state index contributed by atoms with van der Waals surface area (Å²) >= 11 is 7.29. The molecule has 0 radical (unpaired) electrons. The molecule has 1 atom stereocenters. The summed E-state index contributed by atoms with van der Waals surface area (Å²) in [6.45, 7) is 2.05. The first kappa shape index (κ1) is 23.1. The van der Waals surface area contributed by atoms with Gasteiger partial charge in [-0.3, -0.25) is 14.5 Å². The Kier molecular flexibility index (Phi) is 6.05. The van der Waals surface area contributed by atoms with Crippen LogP contribution in [0, 0.1) is 0 Å². The van der Waals surface area contributed by atoms with Gasteiger partial charge >= 0.3 is 5.91 Å². The molecule has 0 saturated carbocycles. The molecule has 35 heavy (non-hydrogen) atoms. The number of methoxy groups -OCH3 is 1. The monoisotopic (exact) mass is 504 g/mol. The number of nitrogens with zero attached hydrogens (tertiary/aromatic N) is 2. The third kappa shape index (κ3) is 4.07. The first-order valence-corrected chi connectivity index (χ1v) is 12.2. The third-order valence-corrected chi connectivity index (χ3v) is 7.33. The highest BCUT2D eigenvalue weighted by molar-refractivity contribution is 7.22. The number of aryl methyl sites for hydroxylation is 1. The second-order valence-corrected chi connectivity index (χ2v) is 9.55. The van der Waals surface area contributed by atoms with Crippen LogP contribution in [0.2, 0.25) is 5.02 Å². The molecule has 1 aromatic heterocycles. The number of hydrogen-bond donors (Lipinski definition) is 1. The number of rotatable bonds is 5. The summed E-state index contributed by atoms with van der Waals surface area (Å²) in [6, 6.07) is 18.8. The fraction of sp³-hybridized carbons (Fsp3) is 0.148. The number of anilines is 1. The zero-order valence-electron chi connectivity index (χ0n) is 19.0. The molecule has 1 N–H and O–H groups in total. The SMILES string of the molecule is CCc1ccc(C2C(=C(O)c3ccc(Cl)cc3)C(=O)C(=O)N2c2nc3ccc(OC)cc3s2)cc1. The van der Waals surface area contributed by atoms with Crippen molar-refractivity contribution in [2.45, 2.75) is 19.4 Å². The van der Waals surface area contributed by atoms with E-state index in [0.717, 1.165) is 16.7 Å². The van der Waals surface area contributed by atoms with E-state index in [-0.39, 0.29) is 11.3 Å². The van der Waals surface area contributed by atoms with Gasteiger partial charge in [0, 0.05) is 10.6 Å². The molecule has 0 bridgehead atoms. The second-order valence-electron chi connectivity index (χ2n) is 8.10. The van der Waals surface area contributed by atoms with Crippen LogP contribution in [-0.4, -0.2) is 28.9 Å². The lowest BCUT2D eigenvalue weighted by atomic mass is 9.94. The average molecular weight is 505 g/mol. The van der Waals surface area contributed by atoms with Gasteiger partial charge in [-0.2, -0.15) is 0 Å². The molecular weight excluding hydrogens is 484 g/mol. The zero-order chi connectivity index (χ0) is 24.7. The Bertz CT molecular complexity index is 1480. The Balaban J connectivity index is 1.70. The molecule has 176 valence electrons. The van der Waals surface area contributed by atoms with Crippen LogP contribution in [0.5, 0.6) is 5.75 Å². The first-order chi connectivity index (χ1) is 16.9. The molecule has 2 heterocycles. The molecular formula is C27H21ClN2O4S. The van der Waals surface area contributed by atoms with Crippen molar-refractivity contribution < 1.29 is 19.4 Å². The van der Waals surface area contributed by atoms with Gasteiger partial charge in [0.1, 0.15) is 11.5 Å². The predicted octanol–water partition coefficient (Wildman–Crippen LogP) is 6.15. The van der Waals surface area contributed by atoms with Crippen LogP contribution >= 0.6 is 22.9 Å². The number of carbonyl (C=O) groups is 2. The number of ketones is 1. The van der Waals surface area contributed by atoms with E-state index in [1.54, 1.807) is 37.4 Å². The van der Waals surface area contributed by atoms with Crippen molar-refractivity contribution in [2.75, 3.05) is 12.0 Å². The summed E-state index contributed by atoms with van der Waals surface area (Å²) < 4.78 is 6.13. The topological polar surface area (TPSA) is 79.7 Å². The van der Waals surface area contributed by atoms with Crippen molar-refractivity contribution in [1.29, 1.82) is 0 Å². The molecule has 6 nitrogen and oxygen atoms in total. The maximum atomic E-state index is 13.4. The normalized spacial score (nSPS) is 17.3. The number of amides is 1. The lowest BCUT2D eigenvalue weighted by Gasteiger charge is -2.23. The largest absolute Gasteiger partial charge is 0.507 e. The summed E-state index contributed by atoms with van der Waals surface area (Å²) in [5.74, 6) is -1.09.